The molecular formula is C23H14ClF3INO2. The minimum atomic E-state index is -4.48. The number of rotatable bonds is 4. The van der Waals surface area contributed by atoms with Crippen LogP contribution in [-0.2, 0) is 17.6 Å². The number of carbonyl (C=O) groups is 1. The molecule has 0 radical (unpaired) electrons. The predicted octanol–water partition coefficient (Wildman–Crippen LogP) is 7.04. The number of nitrogens with one attached hydrogen (secondary N) is 1. The fourth-order valence-corrected chi connectivity index (χ4v) is 3.75. The first kappa shape index (κ1) is 21.7. The first-order valence-corrected chi connectivity index (χ1v) is 10.6. The van der Waals surface area contributed by atoms with Gasteiger partial charge in [-0.1, -0.05) is 35.9 Å². The van der Waals surface area contributed by atoms with Gasteiger partial charge in [0.15, 0.2) is 0 Å². The van der Waals surface area contributed by atoms with E-state index >= 15 is 0 Å². The Balaban J connectivity index is 1.55. The van der Waals surface area contributed by atoms with Gasteiger partial charge in [0.2, 0.25) is 0 Å². The molecule has 4 rings (SSSR count). The Morgan fingerprint density at radius 2 is 1.77 bits per heavy atom. The van der Waals surface area contributed by atoms with Gasteiger partial charge in [-0.3, -0.25) is 4.79 Å². The number of anilines is 1. The molecule has 0 bridgehead atoms. The van der Waals surface area contributed by atoms with Crippen LogP contribution >= 0.6 is 34.2 Å². The van der Waals surface area contributed by atoms with Gasteiger partial charge in [0.05, 0.1) is 10.6 Å². The summed E-state index contributed by atoms with van der Waals surface area (Å²) in [6.07, 6.45) is -2.89. The van der Waals surface area contributed by atoms with Gasteiger partial charge in [-0.05, 0) is 76.2 Å². The van der Waals surface area contributed by atoms with Crippen molar-refractivity contribution < 1.29 is 22.7 Å². The average Bonchev–Trinajstić information content (AvgIpc) is 3.02. The van der Waals surface area contributed by atoms with Gasteiger partial charge >= 0.3 is 6.18 Å². The van der Waals surface area contributed by atoms with Crippen molar-refractivity contribution in [1.29, 1.82) is 0 Å². The molecule has 3 nitrogen and oxygen atoms in total. The minimum absolute atomic E-state index is 0.134. The maximum Gasteiger partial charge on any atom is 0.416 e. The highest BCUT2D eigenvalue weighted by Crippen LogP contribution is 2.38. The summed E-state index contributed by atoms with van der Waals surface area (Å²) >= 11 is 8.56. The van der Waals surface area contributed by atoms with Crippen molar-refractivity contribution in [3.63, 3.8) is 0 Å². The second kappa shape index (κ2) is 8.55. The van der Waals surface area contributed by atoms with Crippen LogP contribution in [0.3, 0.4) is 0 Å². The number of fused-ring (bicyclic) bond motifs is 1. The van der Waals surface area contributed by atoms with Crippen LogP contribution in [0.25, 0.3) is 11.6 Å². The van der Waals surface area contributed by atoms with E-state index in [1.54, 1.807) is 24.3 Å². The van der Waals surface area contributed by atoms with Crippen molar-refractivity contribution in [2.24, 2.45) is 0 Å². The zero-order valence-electron chi connectivity index (χ0n) is 15.8. The zero-order chi connectivity index (χ0) is 22.2. The third kappa shape index (κ3) is 4.88. The van der Waals surface area contributed by atoms with Crippen LogP contribution in [0.5, 0.6) is 5.75 Å². The number of benzene rings is 3. The molecule has 3 aromatic carbocycles. The van der Waals surface area contributed by atoms with E-state index in [1.807, 2.05) is 24.3 Å². The van der Waals surface area contributed by atoms with Crippen molar-refractivity contribution in [2.45, 2.75) is 12.8 Å². The lowest BCUT2D eigenvalue weighted by Gasteiger charge is -2.09. The lowest BCUT2D eigenvalue weighted by molar-refractivity contribution is -0.137. The Kier molecular flexibility index (Phi) is 5.98. The second-order valence-corrected chi connectivity index (χ2v) is 8.53. The third-order valence-corrected chi connectivity index (χ3v) is 5.72. The molecule has 3 aromatic rings. The molecule has 0 fully saturated rings. The maximum absolute atomic E-state index is 12.9. The van der Waals surface area contributed by atoms with E-state index in [1.165, 1.54) is 6.07 Å². The summed E-state index contributed by atoms with van der Waals surface area (Å²) in [5.41, 5.74) is 1.63. The van der Waals surface area contributed by atoms with E-state index in [2.05, 4.69) is 27.9 Å². The topological polar surface area (TPSA) is 38.3 Å². The molecule has 0 saturated carbocycles. The van der Waals surface area contributed by atoms with Crippen LogP contribution in [0, 0.1) is 3.57 Å². The van der Waals surface area contributed by atoms with Crippen LogP contribution in [0.2, 0.25) is 5.02 Å². The van der Waals surface area contributed by atoms with Gasteiger partial charge in [-0.25, -0.2) is 0 Å². The van der Waals surface area contributed by atoms with Crippen molar-refractivity contribution in [3.8, 4) is 5.75 Å². The quantitative estimate of drug-likeness (QED) is 0.277. The summed E-state index contributed by atoms with van der Waals surface area (Å²) in [7, 11) is 0. The number of ether oxygens (including phenoxy) is 1. The Labute approximate surface area is 195 Å². The Morgan fingerprint density at radius 3 is 2.45 bits per heavy atom. The number of alkyl halides is 3. The molecule has 1 N–H and O–H groups in total. The van der Waals surface area contributed by atoms with Crippen molar-refractivity contribution in [3.05, 3.63) is 91.5 Å². The van der Waals surface area contributed by atoms with E-state index < -0.39 is 17.6 Å². The highest BCUT2D eigenvalue weighted by atomic mass is 127. The monoisotopic (exact) mass is 555 g/mol. The molecule has 0 unspecified atom stereocenters. The average molecular weight is 556 g/mol. The number of hydrogen-bond acceptors (Lipinski definition) is 2. The van der Waals surface area contributed by atoms with Crippen LogP contribution in [-0.4, -0.2) is 5.91 Å². The standard InChI is InChI=1S/C23H14ClF3INO2/c24-19-10-14(3-8-21(19)31-12-13-1-5-16(28)6-2-13)9-18-17-7-4-15(23(25,26)27)11-20(17)29-22(18)30/h1-11H,12H2,(H,29,30)/b18-9-. The molecule has 0 aromatic heterocycles. The number of hydrogen-bond donors (Lipinski definition) is 1. The summed E-state index contributed by atoms with van der Waals surface area (Å²) in [4.78, 5) is 12.3. The molecule has 31 heavy (non-hydrogen) atoms. The fourth-order valence-electron chi connectivity index (χ4n) is 3.15. The Bertz CT molecular complexity index is 1190. The van der Waals surface area contributed by atoms with Gasteiger partial charge in [-0.15, -0.1) is 0 Å². The summed E-state index contributed by atoms with van der Waals surface area (Å²) in [5, 5.41) is 2.85. The largest absolute Gasteiger partial charge is 0.487 e. The van der Waals surface area contributed by atoms with Gasteiger partial charge in [0.1, 0.15) is 12.4 Å². The summed E-state index contributed by atoms with van der Waals surface area (Å²) < 4.78 is 45.6. The number of halogens is 5. The van der Waals surface area contributed by atoms with Gasteiger partial charge in [0, 0.05) is 20.4 Å². The molecule has 1 heterocycles. The summed E-state index contributed by atoms with van der Waals surface area (Å²) in [6, 6.07) is 16.2. The molecule has 1 aliphatic rings. The van der Waals surface area contributed by atoms with Gasteiger partial charge < -0.3 is 10.1 Å². The fraction of sp³-hybridized carbons (Fsp3) is 0.0870. The van der Waals surface area contributed by atoms with Crippen LogP contribution in [0.4, 0.5) is 18.9 Å². The van der Waals surface area contributed by atoms with Crippen LogP contribution < -0.4 is 10.1 Å². The third-order valence-electron chi connectivity index (χ3n) is 4.70. The van der Waals surface area contributed by atoms with Gasteiger partial charge in [-0.2, -0.15) is 13.2 Å². The number of amides is 1. The van der Waals surface area contributed by atoms with E-state index in [9.17, 15) is 18.0 Å². The molecule has 158 valence electrons. The zero-order valence-corrected chi connectivity index (χ0v) is 18.7. The molecule has 0 aliphatic carbocycles. The summed E-state index contributed by atoms with van der Waals surface area (Å²) in [5.74, 6) is 0.0259. The first-order valence-electron chi connectivity index (χ1n) is 9.12. The Morgan fingerprint density at radius 1 is 1.03 bits per heavy atom. The Hall–Kier alpha value is -2.52. The molecule has 1 aliphatic heterocycles. The normalized spacial score (nSPS) is 14.5. The van der Waals surface area contributed by atoms with Crippen molar-refractivity contribution in [2.75, 3.05) is 5.32 Å². The summed E-state index contributed by atoms with van der Waals surface area (Å²) in [6.45, 7) is 0.356. The SMILES string of the molecule is O=C1Nc2cc(C(F)(F)F)ccc2/C1=C/c1ccc(OCc2ccc(I)cc2)c(Cl)c1. The highest BCUT2D eigenvalue weighted by Gasteiger charge is 2.33. The molecule has 0 atom stereocenters. The van der Waals surface area contributed by atoms with E-state index in [0.29, 0.717) is 28.5 Å². The smallest absolute Gasteiger partial charge is 0.416 e. The van der Waals surface area contributed by atoms with Crippen molar-refractivity contribution >= 4 is 57.4 Å². The molecular weight excluding hydrogens is 542 g/mol. The molecule has 0 saturated heterocycles. The lowest BCUT2D eigenvalue weighted by atomic mass is 10.0. The van der Waals surface area contributed by atoms with E-state index in [-0.39, 0.29) is 11.3 Å². The molecule has 0 spiro atoms. The predicted molar refractivity (Wildman–Crippen MR) is 123 cm³/mol. The molecule has 8 heteroatoms. The molecule has 1 amide bonds. The van der Waals surface area contributed by atoms with Crippen LogP contribution in [0.1, 0.15) is 22.3 Å². The van der Waals surface area contributed by atoms with Crippen molar-refractivity contribution in [1.82, 2.24) is 0 Å². The minimum Gasteiger partial charge on any atom is -0.487 e. The van der Waals surface area contributed by atoms with Gasteiger partial charge in [0.25, 0.3) is 5.91 Å². The first-order chi connectivity index (χ1) is 14.7. The van der Waals surface area contributed by atoms with Crippen LogP contribution in [0.15, 0.2) is 60.7 Å². The lowest BCUT2D eigenvalue weighted by Crippen LogP contribution is -2.06. The van der Waals surface area contributed by atoms with E-state index in [4.69, 9.17) is 16.3 Å². The highest BCUT2D eigenvalue weighted by molar-refractivity contribution is 14.1. The number of carbonyl (C=O) groups excluding carboxylic acids is 1. The second-order valence-electron chi connectivity index (χ2n) is 6.88. The van der Waals surface area contributed by atoms with E-state index in [0.717, 1.165) is 21.3 Å². The maximum atomic E-state index is 12.9.